The Kier molecular flexibility index (Phi) is 6.61. The third-order valence-electron chi connectivity index (χ3n) is 5.91. The molecule has 0 saturated carbocycles. The molecule has 2 atom stereocenters. The van der Waals surface area contributed by atoms with E-state index in [0.717, 1.165) is 27.7 Å². The maximum absolute atomic E-state index is 13.8. The van der Waals surface area contributed by atoms with Crippen molar-refractivity contribution in [1.29, 1.82) is 0 Å². The van der Waals surface area contributed by atoms with E-state index in [1.807, 2.05) is 52.8 Å². The zero-order valence-electron chi connectivity index (χ0n) is 20.5. The summed E-state index contributed by atoms with van der Waals surface area (Å²) in [6.07, 6.45) is 1.17. The molecule has 4 aromatic rings. The molecule has 3 aromatic carbocycles. The van der Waals surface area contributed by atoms with E-state index < -0.39 is 11.5 Å². The minimum Gasteiger partial charge on any atom is -0.484 e. The van der Waals surface area contributed by atoms with E-state index in [4.69, 9.17) is 4.74 Å². The van der Waals surface area contributed by atoms with Crippen LogP contribution in [0.4, 0.5) is 8.78 Å². The largest absolute Gasteiger partial charge is 0.484 e. The van der Waals surface area contributed by atoms with Crippen molar-refractivity contribution in [1.82, 2.24) is 15.1 Å². The second-order valence-electron chi connectivity index (χ2n) is 9.80. The maximum Gasteiger partial charge on any atom is 0.225 e. The van der Waals surface area contributed by atoms with Crippen molar-refractivity contribution in [3.8, 4) is 11.4 Å². The summed E-state index contributed by atoms with van der Waals surface area (Å²) >= 11 is 0. The van der Waals surface area contributed by atoms with Crippen molar-refractivity contribution < 1.29 is 18.3 Å². The molecule has 1 N–H and O–H groups in total. The lowest BCUT2D eigenvalue weighted by atomic mass is 9.93. The molecule has 7 heteroatoms. The summed E-state index contributed by atoms with van der Waals surface area (Å²) in [4.78, 5) is 12.7. The van der Waals surface area contributed by atoms with Gasteiger partial charge in [0.2, 0.25) is 5.91 Å². The monoisotopic (exact) mass is 477 g/mol. The van der Waals surface area contributed by atoms with Crippen molar-refractivity contribution >= 4 is 16.8 Å². The Labute approximate surface area is 203 Å². The van der Waals surface area contributed by atoms with E-state index in [-0.39, 0.29) is 23.6 Å². The van der Waals surface area contributed by atoms with Crippen molar-refractivity contribution in [2.45, 2.75) is 46.8 Å². The molecule has 0 aliphatic heterocycles. The highest BCUT2D eigenvalue weighted by Crippen LogP contribution is 2.31. The van der Waals surface area contributed by atoms with Gasteiger partial charge in [-0.1, -0.05) is 26.8 Å². The fourth-order valence-electron chi connectivity index (χ4n) is 3.91. The lowest BCUT2D eigenvalue weighted by Gasteiger charge is -2.30. The number of rotatable bonds is 6. The minimum atomic E-state index is -0.565. The number of halogens is 2. The Morgan fingerprint density at radius 1 is 1.00 bits per heavy atom. The van der Waals surface area contributed by atoms with Crippen LogP contribution in [-0.2, 0) is 4.79 Å². The van der Waals surface area contributed by atoms with E-state index in [2.05, 4.69) is 10.4 Å². The van der Waals surface area contributed by atoms with Crippen molar-refractivity contribution in [2.75, 3.05) is 0 Å². The summed E-state index contributed by atoms with van der Waals surface area (Å²) in [5.41, 5.74) is 2.54. The summed E-state index contributed by atoms with van der Waals surface area (Å²) in [6.45, 7) is 9.24. The standard InChI is InChI=1S/C28H29F2N3O2/c1-17-14-21(30)8-12-24(17)26(18(2)32-27(34)28(3,4)5)35-23-11-13-25-19(15-23)16-31-33(25)22-9-6-20(29)7-10-22/h6-16,18,26H,1-5H3,(H,32,34). The molecule has 0 saturated heterocycles. The van der Waals surface area contributed by atoms with Crippen LogP contribution in [0.25, 0.3) is 16.6 Å². The quantitative estimate of drug-likeness (QED) is 0.355. The second-order valence-corrected chi connectivity index (χ2v) is 9.80. The molecule has 35 heavy (non-hydrogen) atoms. The summed E-state index contributed by atoms with van der Waals surface area (Å²) in [6, 6.07) is 15.9. The van der Waals surface area contributed by atoms with Crippen molar-refractivity contribution in [3.63, 3.8) is 0 Å². The van der Waals surface area contributed by atoms with Crippen LogP contribution < -0.4 is 10.1 Å². The Balaban J connectivity index is 1.67. The molecule has 4 rings (SSSR count). The van der Waals surface area contributed by atoms with Crippen molar-refractivity contribution in [3.05, 3.63) is 89.6 Å². The second kappa shape index (κ2) is 9.49. The lowest BCUT2D eigenvalue weighted by molar-refractivity contribution is -0.129. The van der Waals surface area contributed by atoms with Gasteiger partial charge in [0.05, 0.1) is 23.4 Å². The highest BCUT2D eigenvalue weighted by Gasteiger charge is 2.29. The van der Waals surface area contributed by atoms with Crippen LogP contribution in [0.1, 0.15) is 44.9 Å². The molecule has 182 valence electrons. The molecule has 0 bridgehead atoms. The first-order valence-corrected chi connectivity index (χ1v) is 11.5. The molecule has 5 nitrogen and oxygen atoms in total. The Bertz CT molecular complexity index is 1360. The van der Waals surface area contributed by atoms with Crippen LogP contribution in [0.3, 0.4) is 0 Å². The predicted octanol–water partition coefficient (Wildman–Crippen LogP) is 6.28. The van der Waals surface area contributed by atoms with Crippen LogP contribution in [0.15, 0.2) is 66.9 Å². The number of nitrogens with zero attached hydrogens (tertiary/aromatic N) is 2. The zero-order valence-corrected chi connectivity index (χ0v) is 20.5. The number of carbonyl (C=O) groups excluding carboxylic acids is 1. The highest BCUT2D eigenvalue weighted by molar-refractivity contribution is 5.82. The molecular formula is C28H29F2N3O2. The average Bonchev–Trinajstić information content (AvgIpc) is 3.21. The highest BCUT2D eigenvalue weighted by atomic mass is 19.1. The fourth-order valence-corrected chi connectivity index (χ4v) is 3.91. The van der Waals surface area contributed by atoms with Crippen LogP contribution in [-0.4, -0.2) is 21.7 Å². The van der Waals surface area contributed by atoms with Crippen LogP contribution in [0, 0.1) is 24.0 Å². The van der Waals surface area contributed by atoms with Gasteiger partial charge < -0.3 is 10.1 Å². The van der Waals surface area contributed by atoms with E-state index in [1.54, 1.807) is 29.1 Å². The normalized spacial score (nSPS) is 13.5. The average molecular weight is 478 g/mol. The van der Waals surface area contributed by atoms with Gasteiger partial charge in [0.25, 0.3) is 0 Å². The van der Waals surface area contributed by atoms with Gasteiger partial charge in [-0.2, -0.15) is 5.10 Å². The molecule has 0 aliphatic rings. The number of nitrogens with one attached hydrogen (secondary N) is 1. The molecule has 1 amide bonds. The maximum atomic E-state index is 13.8. The SMILES string of the molecule is Cc1cc(F)ccc1C(Oc1ccc2c(cnn2-c2ccc(F)cc2)c1)C(C)NC(=O)C(C)(C)C. The van der Waals surface area contributed by atoms with Gasteiger partial charge in [0, 0.05) is 10.8 Å². The molecule has 0 radical (unpaired) electrons. The van der Waals surface area contributed by atoms with Crippen molar-refractivity contribution in [2.24, 2.45) is 5.41 Å². The summed E-state index contributed by atoms with van der Waals surface area (Å²) in [5.74, 6) is -0.155. The lowest BCUT2D eigenvalue weighted by Crippen LogP contribution is -2.44. The smallest absolute Gasteiger partial charge is 0.225 e. The van der Waals surface area contributed by atoms with Gasteiger partial charge in [0.1, 0.15) is 23.5 Å². The van der Waals surface area contributed by atoms with E-state index in [1.165, 1.54) is 24.3 Å². The number of hydrogen-bond donors (Lipinski definition) is 1. The number of carbonyl (C=O) groups is 1. The van der Waals surface area contributed by atoms with Crippen LogP contribution in [0.5, 0.6) is 5.75 Å². The molecule has 0 spiro atoms. The van der Waals surface area contributed by atoms with Gasteiger partial charge in [-0.25, -0.2) is 13.5 Å². The molecule has 0 fully saturated rings. The minimum absolute atomic E-state index is 0.102. The van der Waals surface area contributed by atoms with E-state index >= 15 is 0 Å². The third kappa shape index (κ3) is 5.34. The first kappa shape index (κ1) is 24.4. The Morgan fingerprint density at radius 3 is 2.34 bits per heavy atom. The number of amides is 1. The molecule has 2 unspecified atom stereocenters. The van der Waals surface area contributed by atoms with Gasteiger partial charge >= 0.3 is 0 Å². The summed E-state index contributed by atoms with van der Waals surface area (Å²) in [5, 5.41) is 8.32. The fraction of sp³-hybridized carbons (Fsp3) is 0.286. The Hall–Kier alpha value is -3.74. The van der Waals surface area contributed by atoms with Crippen LogP contribution >= 0.6 is 0 Å². The number of hydrogen-bond acceptors (Lipinski definition) is 3. The summed E-state index contributed by atoms with van der Waals surface area (Å²) in [7, 11) is 0. The predicted molar refractivity (Wildman–Crippen MR) is 133 cm³/mol. The Morgan fingerprint density at radius 2 is 1.69 bits per heavy atom. The number of ether oxygens (including phenoxy) is 1. The van der Waals surface area contributed by atoms with Gasteiger partial charge in [-0.15, -0.1) is 0 Å². The van der Waals surface area contributed by atoms with E-state index in [9.17, 15) is 13.6 Å². The molecule has 0 aliphatic carbocycles. The molecule has 1 heterocycles. The van der Waals surface area contributed by atoms with E-state index in [0.29, 0.717) is 5.75 Å². The third-order valence-corrected chi connectivity index (χ3v) is 5.91. The first-order valence-electron chi connectivity index (χ1n) is 11.5. The number of aromatic nitrogens is 2. The molecule has 1 aromatic heterocycles. The number of benzene rings is 3. The number of fused-ring (bicyclic) bond motifs is 1. The molecular weight excluding hydrogens is 448 g/mol. The first-order chi connectivity index (χ1) is 16.5. The van der Waals surface area contributed by atoms with Gasteiger partial charge in [0.15, 0.2) is 0 Å². The van der Waals surface area contributed by atoms with Gasteiger partial charge in [-0.05, 0) is 79.6 Å². The summed E-state index contributed by atoms with van der Waals surface area (Å²) < 4.78 is 35.3. The van der Waals surface area contributed by atoms with Crippen LogP contribution in [0.2, 0.25) is 0 Å². The van der Waals surface area contributed by atoms with Gasteiger partial charge in [-0.3, -0.25) is 4.79 Å². The number of aryl methyl sites for hydroxylation is 1. The topological polar surface area (TPSA) is 56.1 Å². The zero-order chi connectivity index (χ0) is 25.3.